The van der Waals surface area contributed by atoms with E-state index in [9.17, 15) is 0 Å². The highest BCUT2D eigenvalue weighted by Crippen LogP contribution is 2.22. The van der Waals surface area contributed by atoms with Gasteiger partial charge in [-0.25, -0.2) is 0 Å². The Kier molecular flexibility index (Phi) is 7.12. The van der Waals surface area contributed by atoms with Crippen molar-refractivity contribution >= 4 is 5.69 Å². The Hall–Kier alpha value is -2.08. The van der Waals surface area contributed by atoms with E-state index in [1.54, 1.807) is 0 Å². The van der Waals surface area contributed by atoms with Crippen LogP contribution in [0.3, 0.4) is 0 Å². The van der Waals surface area contributed by atoms with Crippen molar-refractivity contribution in [1.29, 1.82) is 0 Å². The van der Waals surface area contributed by atoms with Crippen LogP contribution in [-0.2, 0) is 0 Å². The van der Waals surface area contributed by atoms with Gasteiger partial charge in [0.15, 0.2) is 0 Å². The van der Waals surface area contributed by atoms with Crippen LogP contribution in [0.25, 0.3) is 0 Å². The van der Waals surface area contributed by atoms with Crippen LogP contribution >= 0.6 is 0 Å². The first-order chi connectivity index (χ1) is 12.4. The molecule has 3 N–H and O–H groups in total. The Balaban J connectivity index is 1.29. The highest BCUT2D eigenvalue weighted by molar-refractivity contribution is 5.47. The predicted molar refractivity (Wildman–Crippen MR) is 104 cm³/mol. The summed E-state index contributed by atoms with van der Waals surface area (Å²) in [6.45, 7) is 8.62. The third kappa shape index (κ3) is 6.38. The minimum Gasteiger partial charge on any atom is -0.457 e. The van der Waals surface area contributed by atoms with Gasteiger partial charge in [-0.3, -0.25) is 4.90 Å². The molecule has 5 nitrogen and oxygen atoms in total. The van der Waals surface area contributed by atoms with Crippen molar-refractivity contribution < 1.29 is 4.74 Å². The Morgan fingerprint density at radius 3 is 2.32 bits per heavy atom. The molecule has 0 bridgehead atoms. The van der Waals surface area contributed by atoms with Gasteiger partial charge < -0.3 is 20.7 Å². The van der Waals surface area contributed by atoms with Crippen molar-refractivity contribution in [2.75, 3.05) is 57.7 Å². The van der Waals surface area contributed by atoms with Crippen molar-refractivity contribution in [3.8, 4) is 11.5 Å². The first-order valence-corrected chi connectivity index (χ1v) is 9.11. The second kappa shape index (κ2) is 10.0. The molecule has 0 unspecified atom stereocenters. The van der Waals surface area contributed by atoms with Crippen LogP contribution in [0.2, 0.25) is 0 Å². The number of ether oxygens (including phenoxy) is 1. The average molecular weight is 340 g/mol. The van der Waals surface area contributed by atoms with Crippen LogP contribution < -0.4 is 20.7 Å². The highest BCUT2D eigenvalue weighted by Gasteiger charge is 2.07. The van der Waals surface area contributed by atoms with Gasteiger partial charge in [0.2, 0.25) is 0 Å². The normalized spacial score (nSPS) is 15.0. The van der Waals surface area contributed by atoms with Gasteiger partial charge in [-0.2, -0.15) is 0 Å². The molecule has 1 fully saturated rings. The maximum Gasteiger partial charge on any atom is 0.127 e. The van der Waals surface area contributed by atoms with Crippen LogP contribution in [0, 0.1) is 0 Å². The predicted octanol–water partition coefficient (Wildman–Crippen LogP) is 2.39. The van der Waals surface area contributed by atoms with Crippen molar-refractivity contribution in [3.63, 3.8) is 0 Å². The molecule has 0 saturated carbocycles. The standard InChI is InChI=1S/C20H28N4O/c1-2-4-19(5-3-1)25-20-8-6-18(7-9-20)23-11-10-21-12-15-24-16-13-22-14-17-24/h1-9,21-23H,10-17H2. The van der Waals surface area contributed by atoms with Gasteiger partial charge >= 0.3 is 0 Å². The van der Waals surface area contributed by atoms with Gasteiger partial charge in [-0.1, -0.05) is 18.2 Å². The van der Waals surface area contributed by atoms with E-state index in [-0.39, 0.29) is 0 Å². The summed E-state index contributed by atoms with van der Waals surface area (Å²) in [5.74, 6) is 1.71. The molecule has 134 valence electrons. The topological polar surface area (TPSA) is 48.6 Å². The molecule has 0 amide bonds. The van der Waals surface area contributed by atoms with Crippen molar-refractivity contribution in [2.24, 2.45) is 0 Å². The summed E-state index contributed by atoms with van der Waals surface area (Å²) in [7, 11) is 0. The van der Waals surface area contributed by atoms with Gasteiger partial charge in [-0.05, 0) is 36.4 Å². The number of hydrogen-bond donors (Lipinski definition) is 3. The lowest BCUT2D eigenvalue weighted by Crippen LogP contribution is -2.46. The van der Waals surface area contributed by atoms with Crippen LogP contribution in [0.5, 0.6) is 11.5 Å². The average Bonchev–Trinajstić information content (AvgIpc) is 2.67. The molecular weight excluding hydrogens is 312 g/mol. The van der Waals surface area contributed by atoms with Gasteiger partial charge in [0.25, 0.3) is 0 Å². The molecular formula is C20H28N4O. The number of benzene rings is 2. The summed E-state index contributed by atoms with van der Waals surface area (Å²) in [4.78, 5) is 2.50. The number of anilines is 1. The Morgan fingerprint density at radius 1 is 0.840 bits per heavy atom. The van der Waals surface area contributed by atoms with E-state index >= 15 is 0 Å². The van der Waals surface area contributed by atoms with E-state index < -0.39 is 0 Å². The minimum atomic E-state index is 0.853. The molecule has 3 rings (SSSR count). The van der Waals surface area contributed by atoms with Crippen LogP contribution in [-0.4, -0.2) is 57.3 Å². The molecule has 0 aliphatic carbocycles. The van der Waals surface area contributed by atoms with Crippen LogP contribution in [0.15, 0.2) is 54.6 Å². The first kappa shape index (κ1) is 17.7. The van der Waals surface area contributed by atoms with E-state index in [4.69, 9.17) is 4.74 Å². The fourth-order valence-corrected chi connectivity index (χ4v) is 2.86. The third-order valence-corrected chi connectivity index (χ3v) is 4.28. The number of nitrogens with zero attached hydrogens (tertiary/aromatic N) is 1. The fourth-order valence-electron chi connectivity index (χ4n) is 2.86. The lowest BCUT2D eigenvalue weighted by atomic mass is 10.3. The second-order valence-corrected chi connectivity index (χ2v) is 6.21. The zero-order chi connectivity index (χ0) is 17.2. The summed E-state index contributed by atoms with van der Waals surface area (Å²) >= 11 is 0. The largest absolute Gasteiger partial charge is 0.457 e. The fraction of sp³-hybridized carbons (Fsp3) is 0.400. The van der Waals surface area contributed by atoms with Crippen molar-refractivity contribution in [3.05, 3.63) is 54.6 Å². The molecule has 0 spiro atoms. The summed E-state index contributed by atoms with van der Waals surface area (Å²) in [5.41, 5.74) is 1.12. The lowest BCUT2D eigenvalue weighted by molar-refractivity contribution is 0.241. The molecule has 2 aromatic rings. The molecule has 25 heavy (non-hydrogen) atoms. The zero-order valence-electron chi connectivity index (χ0n) is 14.7. The van der Waals surface area contributed by atoms with Crippen LogP contribution in [0.1, 0.15) is 0 Å². The van der Waals surface area contributed by atoms with E-state index in [0.29, 0.717) is 0 Å². The molecule has 1 aliphatic rings. The molecule has 1 saturated heterocycles. The molecule has 0 aromatic heterocycles. The van der Waals surface area contributed by atoms with Gasteiger partial charge in [-0.15, -0.1) is 0 Å². The van der Waals surface area contributed by atoms with Gasteiger partial charge in [0.05, 0.1) is 0 Å². The quantitative estimate of drug-likeness (QED) is 0.612. The second-order valence-electron chi connectivity index (χ2n) is 6.21. The summed E-state index contributed by atoms with van der Waals surface area (Å²) < 4.78 is 5.80. The third-order valence-electron chi connectivity index (χ3n) is 4.28. The number of piperazine rings is 1. The maximum atomic E-state index is 5.80. The Labute approximate surface area is 150 Å². The summed E-state index contributed by atoms with van der Waals surface area (Å²) in [6, 6.07) is 17.9. The monoisotopic (exact) mass is 340 g/mol. The molecule has 0 atom stereocenters. The molecule has 2 aromatic carbocycles. The number of rotatable bonds is 9. The molecule has 1 heterocycles. The van der Waals surface area contributed by atoms with E-state index in [0.717, 1.165) is 69.5 Å². The van der Waals surface area contributed by atoms with Gasteiger partial charge in [0.1, 0.15) is 11.5 Å². The Bertz CT molecular complexity index is 597. The van der Waals surface area contributed by atoms with E-state index in [1.165, 1.54) is 0 Å². The van der Waals surface area contributed by atoms with E-state index in [2.05, 4.69) is 33.0 Å². The van der Waals surface area contributed by atoms with Crippen molar-refractivity contribution in [2.45, 2.75) is 0 Å². The zero-order valence-corrected chi connectivity index (χ0v) is 14.7. The molecule has 0 radical (unpaired) electrons. The number of hydrogen-bond acceptors (Lipinski definition) is 5. The highest BCUT2D eigenvalue weighted by atomic mass is 16.5. The lowest BCUT2D eigenvalue weighted by Gasteiger charge is -2.27. The summed E-state index contributed by atoms with van der Waals surface area (Å²) in [5, 5.41) is 10.3. The molecule has 5 heteroatoms. The minimum absolute atomic E-state index is 0.853. The van der Waals surface area contributed by atoms with Crippen LogP contribution in [0.4, 0.5) is 5.69 Å². The summed E-state index contributed by atoms with van der Waals surface area (Å²) in [6.07, 6.45) is 0. The number of para-hydroxylation sites is 1. The smallest absolute Gasteiger partial charge is 0.127 e. The first-order valence-electron chi connectivity index (χ1n) is 9.11. The van der Waals surface area contributed by atoms with Gasteiger partial charge in [0, 0.05) is 58.0 Å². The van der Waals surface area contributed by atoms with E-state index in [1.807, 2.05) is 42.5 Å². The Morgan fingerprint density at radius 2 is 1.56 bits per heavy atom. The van der Waals surface area contributed by atoms with Crippen molar-refractivity contribution in [1.82, 2.24) is 15.5 Å². The SMILES string of the molecule is c1ccc(Oc2ccc(NCCNCCN3CCNCC3)cc2)cc1. The molecule has 1 aliphatic heterocycles. The maximum absolute atomic E-state index is 5.80. The number of nitrogens with one attached hydrogen (secondary N) is 3.